The molecule has 0 heterocycles. The van der Waals surface area contributed by atoms with E-state index in [1.54, 1.807) is 6.08 Å². The van der Waals surface area contributed by atoms with Crippen molar-refractivity contribution >= 4 is 38.4 Å². The highest BCUT2D eigenvalue weighted by molar-refractivity contribution is 6.29. The average molecular weight is 691 g/mol. The Hall–Kier alpha value is -6.76. The van der Waals surface area contributed by atoms with E-state index in [0.29, 0.717) is 0 Å². The van der Waals surface area contributed by atoms with Gasteiger partial charge in [-0.2, -0.15) is 0 Å². The summed E-state index contributed by atoms with van der Waals surface area (Å²) in [7, 11) is 0. The van der Waals surface area contributed by atoms with Gasteiger partial charge in [-0.25, -0.2) is 0 Å². The predicted molar refractivity (Wildman–Crippen MR) is 237 cm³/mol. The van der Waals surface area contributed by atoms with Gasteiger partial charge in [0.15, 0.2) is 0 Å². The number of aryl methyl sites for hydroxylation is 1. The van der Waals surface area contributed by atoms with Crippen molar-refractivity contribution in [1.82, 2.24) is 0 Å². The van der Waals surface area contributed by atoms with Crippen LogP contribution in [-0.2, 0) is 0 Å². The third-order valence-corrected chi connectivity index (χ3v) is 10.4. The quantitative estimate of drug-likeness (QED) is 0.120. The van der Waals surface area contributed by atoms with Crippen molar-refractivity contribution in [3.8, 4) is 55.6 Å². The Labute approximate surface area is 319 Å². The van der Waals surface area contributed by atoms with Crippen LogP contribution in [0.3, 0.4) is 0 Å². The fourth-order valence-electron chi connectivity index (χ4n) is 8.17. The Morgan fingerprint density at radius 3 is 1.39 bits per heavy atom. The summed E-state index contributed by atoms with van der Waals surface area (Å²) in [6.07, 6.45) is 3.75. The molecular weight excluding hydrogens is 649 g/mol. The molecule has 9 rings (SSSR count). The van der Waals surface area contributed by atoms with Gasteiger partial charge in [0, 0.05) is 0 Å². The van der Waals surface area contributed by atoms with Crippen molar-refractivity contribution in [2.75, 3.05) is 0 Å². The van der Waals surface area contributed by atoms with Crippen LogP contribution in [0, 0.1) is 6.92 Å². The summed E-state index contributed by atoms with van der Waals surface area (Å²) in [6.45, 7) is 11.7. The Kier molecular flexibility index (Phi) is 9.58. The highest BCUT2D eigenvalue weighted by atomic mass is 14.3. The fraction of sp³-hybridized carbons (Fsp3) is 0.0370. The lowest BCUT2D eigenvalue weighted by atomic mass is 9.78. The smallest absolute Gasteiger partial charge is 0.00137 e. The van der Waals surface area contributed by atoms with Crippen LogP contribution in [0.15, 0.2) is 201 Å². The highest BCUT2D eigenvalue weighted by Gasteiger charge is 2.24. The Balaban J connectivity index is 0.00000134. The number of hydrogen-bond acceptors (Lipinski definition) is 0. The zero-order chi connectivity index (χ0) is 37.0. The summed E-state index contributed by atoms with van der Waals surface area (Å²) in [4.78, 5) is 0. The number of fused-ring (bicyclic) bond motifs is 3. The second-order valence-electron chi connectivity index (χ2n) is 13.7. The molecule has 9 aromatic carbocycles. The molecule has 0 amide bonds. The average Bonchev–Trinajstić information content (AvgIpc) is 3.23. The zero-order valence-corrected chi connectivity index (χ0v) is 30.9. The van der Waals surface area contributed by atoms with Crippen molar-refractivity contribution in [3.05, 3.63) is 212 Å². The van der Waals surface area contributed by atoms with Crippen molar-refractivity contribution in [2.45, 2.75) is 13.8 Å². The normalized spacial score (nSPS) is 10.9. The molecule has 0 radical (unpaired) electrons. The fourth-order valence-corrected chi connectivity index (χ4v) is 8.17. The summed E-state index contributed by atoms with van der Waals surface area (Å²) in [6, 6.07) is 66.5. The Morgan fingerprint density at radius 1 is 0.370 bits per heavy atom. The molecule has 258 valence electrons. The molecule has 0 spiro atoms. The molecule has 0 heteroatoms. The van der Waals surface area contributed by atoms with E-state index in [9.17, 15) is 0 Å². The minimum Gasteiger partial charge on any atom is -0.103 e. The van der Waals surface area contributed by atoms with Crippen molar-refractivity contribution in [1.29, 1.82) is 0 Å². The first kappa shape index (κ1) is 34.3. The summed E-state index contributed by atoms with van der Waals surface area (Å²) < 4.78 is 0. The van der Waals surface area contributed by atoms with E-state index in [1.807, 2.05) is 13.0 Å². The maximum Gasteiger partial charge on any atom is -0.00137 e. The predicted octanol–water partition coefficient (Wildman–Crippen LogP) is 15.6. The Bertz CT molecular complexity index is 2800. The van der Waals surface area contributed by atoms with Gasteiger partial charge in [0.05, 0.1) is 0 Å². The van der Waals surface area contributed by atoms with Crippen LogP contribution in [0.1, 0.15) is 18.1 Å². The van der Waals surface area contributed by atoms with E-state index in [0.717, 1.165) is 0 Å². The first-order valence-electron chi connectivity index (χ1n) is 18.6. The number of hydrogen-bond donors (Lipinski definition) is 0. The van der Waals surface area contributed by atoms with Crippen molar-refractivity contribution in [3.63, 3.8) is 0 Å². The van der Waals surface area contributed by atoms with Crippen LogP contribution in [-0.4, -0.2) is 0 Å². The van der Waals surface area contributed by atoms with Gasteiger partial charge in [-0.3, -0.25) is 0 Å². The van der Waals surface area contributed by atoms with Crippen LogP contribution >= 0.6 is 0 Å². The number of allylic oxidation sites excluding steroid dienone is 1. The molecule has 0 aromatic heterocycles. The third kappa shape index (κ3) is 6.02. The van der Waals surface area contributed by atoms with Crippen LogP contribution < -0.4 is 0 Å². The van der Waals surface area contributed by atoms with Crippen LogP contribution in [0.5, 0.6) is 0 Å². The maximum atomic E-state index is 4.25. The standard InChI is InChI=1S/C51H36.C3H6/c1-3-38-34(2)18-14-30-42(38)43-26-12-13-27-45(43)51-47-33-17-28-40(36-19-6-4-7-20-36)48(47)50(44-31-15-24-35-23-10-11-25-39(35)44)46-32-16-29-41(49(46)51)37-21-8-5-9-22-37;1-3-2/h3-33H,1H2,2H3;3H,1H2,2H3. The summed E-state index contributed by atoms with van der Waals surface area (Å²) in [5.74, 6) is 0. The monoisotopic (exact) mass is 690 g/mol. The first-order valence-corrected chi connectivity index (χ1v) is 18.6. The van der Waals surface area contributed by atoms with Gasteiger partial charge < -0.3 is 0 Å². The molecular formula is C54H42. The van der Waals surface area contributed by atoms with Gasteiger partial charge in [-0.05, 0) is 113 Å². The molecule has 0 bridgehead atoms. The minimum atomic E-state index is 1.17. The van der Waals surface area contributed by atoms with E-state index < -0.39 is 0 Å². The lowest BCUT2D eigenvalue weighted by Crippen LogP contribution is -1.97. The molecule has 0 saturated heterocycles. The summed E-state index contributed by atoms with van der Waals surface area (Å²) in [5, 5.41) is 7.47. The molecule has 0 aliphatic rings. The Morgan fingerprint density at radius 2 is 0.778 bits per heavy atom. The van der Waals surface area contributed by atoms with Crippen molar-refractivity contribution in [2.24, 2.45) is 0 Å². The van der Waals surface area contributed by atoms with Gasteiger partial charge in [0.1, 0.15) is 0 Å². The molecule has 0 saturated carbocycles. The van der Waals surface area contributed by atoms with E-state index in [4.69, 9.17) is 0 Å². The van der Waals surface area contributed by atoms with E-state index in [-0.39, 0.29) is 0 Å². The third-order valence-electron chi connectivity index (χ3n) is 10.4. The van der Waals surface area contributed by atoms with Crippen molar-refractivity contribution < 1.29 is 0 Å². The van der Waals surface area contributed by atoms with Gasteiger partial charge in [-0.1, -0.05) is 201 Å². The van der Waals surface area contributed by atoms with E-state index in [1.165, 1.54) is 99.1 Å². The molecule has 9 aromatic rings. The van der Waals surface area contributed by atoms with Crippen LogP contribution in [0.25, 0.3) is 94.0 Å². The molecule has 0 aliphatic carbocycles. The van der Waals surface area contributed by atoms with Crippen LogP contribution in [0.2, 0.25) is 0 Å². The summed E-state index contributed by atoms with van der Waals surface area (Å²) in [5.41, 5.74) is 14.6. The van der Waals surface area contributed by atoms with Crippen LogP contribution in [0.4, 0.5) is 0 Å². The van der Waals surface area contributed by atoms with Gasteiger partial charge in [-0.15, -0.1) is 6.58 Å². The van der Waals surface area contributed by atoms with Gasteiger partial charge in [0.2, 0.25) is 0 Å². The van der Waals surface area contributed by atoms with Gasteiger partial charge in [0.25, 0.3) is 0 Å². The largest absolute Gasteiger partial charge is 0.103 e. The molecule has 0 atom stereocenters. The lowest BCUT2D eigenvalue weighted by Gasteiger charge is -2.24. The molecule has 0 N–H and O–H groups in total. The van der Waals surface area contributed by atoms with Gasteiger partial charge >= 0.3 is 0 Å². The number of benzene rings is 9. The molecule has 0 unspecified atom stereocenters. The minimum absolute atomic E-state index is 1.17. The molecule has 0 nitrogen and oxygen atoms in total. The second-order valence-corrected chi connectivity index (χ2v) is 13.7. The lowest BCUT2D eigenvalue weighted by molar-refractivity contribution is 1.44. The number of rotatable bonds is 6. The topological polar surface area (TPSA) is 0 Å². The molecule has 0 aliphatic heterocycles. The second kappa shape index (κ2) is 15.1. The maximum absolute atomic E-state index is 4.25. The zero-order valence-electron chi connectivity index (χ0n) is 30.9. The highest BCUT2D eigenvalue weighted by Crippen LogP contribution is 2.52. The first-order chi connectivity index (χ1) is 26.6. The SMILES string of the molecule is C=CC.C=Cc1c(C)cccc1-c1ccccc1-c1c2cccc(-c3ccccc3)c2c(-c2cccc3ccccc23)c2cccc(-c3ccccc3)c12. The molecule has 54 heavy (non-hydrogen) atoms. The van der Waals surface area contributed by atoms with E-state index >= 15 is 0 Å². The molecule has 0 fully saturated rings. The summed E-state index contributed by atoms with van der Waals surface area (Å²) >= 11 is 0. The van der Waals surface area contributed by atoms with E-state index in [2.05, 4.69) is 202 Å².